The summed E-state index contributed by atoms with van der Waals surface area (Å²) in [5.74, 6) is 1.26. The summed E-state index contributed by atoms with van der Waals surface area (Å²) >= 11 is 1.55. The van der Waals surface area contributed by atoms with Gasteiger partial charge in [-0.3, -0.25) is 9.59 Å². The number of nitrogens with one attached hydrogen (secondary N) is 1. The molecule has 0 aliphatic carbocycles. The van der Waals surface area contributed by atoms with Gasteiger partial charge in [-0.2, -0.15) is 0 Å². The highest BCUT2D eigenvalue weighted by molar-refractivity contribution is 8.00. The minimum atomic E-state index is -0.0822. The predicted molar refractivity (Wildman–Crippen MR) is 111 cm³/mol. The summed E-state index contributed by atoms with van der Waals surface area (Å²) in [6, 6.07) is 18.2. The molecule has 1 saturated heterocycles. The van der Waals surface area contributed by atoms with E-state index in [9.17, 15) is 9.59 Å². The lowest BCUT2D eigenvalue weighted by Gasteiger charge is -2.32. The Balaban J connectivity index is 1.41. The maximum atomic E-state index is 12.5. The number of rotatable bonds is 6. The van der Waals surface area contributed by atoms with Crippen LogP contribution in [0.4, 0.5) is 5.69 Å². The van der Waals surface area contributed by atoms with Crippen molar-refractivity contribution in [2.75, 3.05) is 24.2 Å². The van der Waals surface area contributed by atoms with Crippen molar-refractivity contribution in [2.45, 2.75) is 31.1 Å². The number of nitrogens with zero attached hydrogens (tertiary/aromatic N) is 1. The highest BCUT2D eigenvalue weighted by Gasteiger charge is 2.22. The van der Waals surface area contributed by atoms with Crippen LogP contribution < -0.4 is 5.32 Å². The summed E-state index contributed by atoms with van der Waals surface area (Å²) in [5.41, 5.74) is 2.17. The van der Waals surface area contributed by atoms with Crippen molar-refractivity contribution >= 4 is 29.3 Å². The molecule has 0 saturated carbocycles. The van der Waals surface area contributed by atoms with Gasteiger partial charge in [-0.1, -0.05) is 30.3 Å². The molecule has 4 nitrogen and oxygen atoms in total. The number of likely N-dealkylation sites (tertiary alicyclic amines) is 1. The normalized spacial score (nSPS) is 14.8. The first kappa shape index (κ1) is 19.5. The van der Waals surface area contributed by atoms with E-state index >= 15 is 0 Å². The van der Waals surface area contributed by atoms with Crippen LogP contribution in [0.15, 0.2) is 59.5 Å². The summed E-state index contributed by atoms with van der Waals surface area (Å²) in [5, 5.41) is 2.75. The Kier molecular flexibility index (Phi) is 6.93. The van der Waals surface area contributed by atoms with Gasteiger partial charge in [-0.05, 0) is 55.0 Å². The van der Waals surface area contributed by atoms with Crippen LogP contribution >= 0.6 is 11.8 Å². The molecule has 0 atom stereocenters. The van der Waals surface area contributed by atoms with E-state index in [1.165, 1.54) is 12.5 Å². The maximum absolute atomic E-state index is 12.5. The van der Waals surface area contributed by atoms with Crippen molar-refractivity contribution in [3.63, 3.8) is 0 Å². The summed E-state index contributed by atoms with van der Waals surface area (Å²) in [6.07, 6.45) is 3.27. The molecule has 0 radical (unpaired) electrons. The van der Waals surface area contributed by atoms with E-state index < -0.39 is 0 Å². The average Bonchev–Trinajstić information content (AvgIpc) is 2.68. The van der Waals surface area contributed by atoms with Gasteiger partial charge in [0.25, 0.3) is 0 Å². The van der Waals surface area contributed by atoms with Gasteiger partial charge in [0.1, 0.15) is 0 Å². The van der Waals surface area contributed by atoms with Gasteiger partial charge in [0.05, 0.1) is 5.75 Å². The van der Waals surface area contributed by atoms with E-state index in [1.54, 1.807) is 11.8 Å². The third kappa shape index (κ3) is 6.14. The van der Waals surface area contributed by atoms with Crippen molar-refractivity contribution in [1.82, 2.24) is 4.90 Å². The molecule has 1 heterocycles. The third-order valence-electron chi connectivity index (χ3n) is 4.87. The quantitative estimate of drug-likeness (QED) is 0.761. The standard InChI is InChI=1S/C22H26N2O2S/c1-17(25)23-20-7-9-21(10-8-20)27-16-22(26)24-13-11-19(12-14-24)15-18-5-3-2-4-6-18/h2-10,19H,11-16H2,1H3,(H,23,25). The second-order valence-corrected chi connectivity index (χ2v) is 8.06. The third-order valence-corrected chi connectivity index (χ3v) is 5.87. The Hall–Kier alpha value is -2.27. The van der Waals surface area contributed by atoms with Crippen LogP contribution in [0.2, 0.25) is 0 Å². The first-order valence-corrected chi connectivity index (χ1v) is 10.4. The second-order valence-electron chi connectivity index (χ2n) is 7.01. The van der Waals surface area contributed by atoms with E-state index in [2.05, 4.69) is 35.6 Å². The molecule has 142 valence electrons. The highest BCUT2D eigenvalue weighted by Crippen LogP contribution is 2.24. The number of hydrogen-bond acceptors (Lipinski definition) is 3. The molecule has 27 heavy (non-hydrogen) atoms. The van der Waals surface area contributed by atoms with E-state index in [0.717, 1.165) is 42.9 Å². The molecule has 1 fully saturated rings. The fraction of sp³-hybridized carbons (Fsp3) is 0.364. The fourth-order valence-corrected chi connectivity index (χ4v) is 4.21. The summed E-state index contributed by atoms with van der Waals surface area (Å²) in [7, 11) is 0. The van der Waals surface area contributed by atoms with Gasteiger partial charge in [0, 0.05) is 30.6 Å². The Morgan fingerprint density at radius 2 is 1.70 bits per heavy atom. The predicted octanol–water partition coefficient (Wildman–Crippen LogP) is 4.22. The van der Waals surface area contributed by atoms with E-state index in [4.69, 9.17) is 0 Å². The zero-order chi connectivity index (χ0) is 19.1. The lowest BCUT2D eigenvalue weighted by molar-refractivity contribution is -0.129. The molecule has 0 unspecified atom stereocenters. The fourth-order valence-electron chi connectivity index (χ4n) is 3.41. The second kappa shape index (κ2) is 9.60. The maximum Gasteiger partial charge on any atom is 0.232 e. The molecular formula is C22H26N2O2S. The number of carbonyl (C=O) groups excluding carboxylic acids is 2. The number of piperidine rings is 1. The van der Waals surface area contributed by atoms with Gasteiger partial charge in [0.15, 0.2) is 0 Å². The average molecular weight is 383 g/mol. The Morgan fingerprint density at radius 1 is 1.04 bits per heavy atom. The van der Waals surface area contributed by atoms with Crippen molar-refractivity contribution in [1.29, 1.82) is 0 Å². The topological polar surface area (TPSA) is 49.4 Å². The largest absolute Gasteiger partial charge is 0.342 e. The number of carbonyl (C=O) groups is 2. The van der Waals surface area contributed by atoms with Crippen LogP contribution in [0.3, 0.4) is 0 Å². The Labute approximate surface area is 165 Å². The van der Waals surface area contributed by atoms with E-state index in [0.29, 0.717) is 11.7 Å². The molecule has 1 N–H and O–H groups in total. The van der Waals surface area contributed by atoms with Gasteiger partial charge in [0.2, 0.25) is 11.8 Å². The lowest BCUT2D eigenvalue weighted by atomic mass is 9.90. The Bertz CT molecular complexity index is 754. The van der Waals surface area contributed by atoms with Crippen LogP contribution in [0.25, 0.3) is 0 Å². The van der Waals surface area contributed by atoms with Gasteiger partial charge >= 0.3 is 0 Å². The van der Waals surface area contributed by atoms with Crippen LogP contribution in [0.1, 0.15) is 25.3 Å². The molecule has 2 aromatic rings. The van der Waals surface area contributed by atoms with E-state index in [1.807, 2.05) is 29.2 Å². The monoisotopic (exact) mass is 382 g/mol. The first-order chi connectivity index (χ1) is 13.1. The molecular weight excluding hydrogens is 356 g/mol. The Morgan fingerprint density at radius 3 is 2.33 bits per heavy atom. The summed E-state index contributed by atoms with van der Waals surface area (Å²) in [6.45, 7) is 3.21. The van der Waals surface area contributed by atoms with Crippen LogP contribution in [0.5, 0.6) is 0 Å². The number of anilines is 1. The zero-order valence-corrected chi connectivity index (χ0v) is 16.5. The molecule has 0 aromatic heterocycles. The molecule has 1 aliphatic heterocycles. The number of hydrogen-bond donors (Lipinski definition) is 1. The minimum absolute atomic E-state index is 0.0822. The van der Waals surface area contributed by atoms with Crippen LogP contribution in [-0.4, -0.2) is 35.6 Å². The molecule has 2 aromatic carbocycles. The minimum Gasteiger partial charge on any atom is -0.342 e. The van der Waals surface area contributed by atoms with Crippen LogP contribution in [0, 0.1) is 5.92 Å². The van der Waals surface area contributed by atoms with Crippen molar-refractivity contribution < 1.29 is 9.59 Å². The van der Waals surface area contributed by atoms with Gasteiger partial charge < -0.3 is 10.2 Å². The van der Waals surface area contributed by atoms with Crippen molar-refractivity contribution in [2.24, 2.45) is 5.92 Å². The van der Waals surface area contributed by atoms with Gasteiger partial charge in [-0.15, -0.1) is 11.8 Å². The molecule has 0 bridgehead atoms. The molecule has 1 aliphatic rings. The molecule has 5 heteroatoms. The first-order valence-electron chi connectivity index (χ1n) is 9.42. The number of amides is 2. The van der Waals surface area contributed by atoms with E-state index in [-0.39, 0.29) is 11.8 Å². The zero-order valence-electron chi connectivity index (χ0n) is 15.7. The highest BCUT2D eigenvalue weighted by atomic mass is 32.2. The lowest BCUT2D eigenvalue weighted by Crippen LogP contribution is -2.39. The van der Waals surface area contributed by atoms with Crippen molar-refractivity contribution in [3.8, 4) is 0 Å². The molecule has 3 rings (SSSR count). The number of thioether (sulfide) groups is 1. The molecule has 2 amide bonds. The van der Waals surface area contributed by atoms with Crippen LogP contribution in [-0.2, 0) is 16.0 Å². The summed E-state index contributed by atoms with van der Waals surface area (Å²) < 4.78 is 0. The van der Waals surface area contributed by atoms with Crippen molar-refractivity contribution in [3.05, 3.63) is 60.2 Å². The number of benzene rings is 2. The smallest absolute Gasteiger partial charge is 0.232 e. The van der Waals surface area contributed by atoms with Gasteiger partial charge in [-0.25, -0.2) is 0 Å². The molecule has 0 spiro atoms. The summed E-state index contributed by atoms with van der Waals surface area (Å²) in [4.78, 5) is 26.6. The SMILES string of the molecule is CC(=O)Nc1ccc(SCC(=O)N2CCC(Cc3ccccc3)CC2)cc1.